The number of rotatable bonds is 2. The Hall–Kier alpha value is -1.91. The van der Waals surface area contributed by atoms with Crippen molar-refractivity contribution in [2.24, 2.45) is 5.73 Å². The zero-order valence-corrected chi connectivity index (χ0v) is 13.2. The molecule has 4 rings (SSSR count). The SMILES string of the molecule is NCCN1CCN2c3ccc(F)cc3Cc3ccccc3[C@@H]2C1. The summed E-state index contributed by atoms with van der Waals surface area (Å²) in [5.74, 6) is -0.151. The summed E-state index contributed by atoms with van der Waals surface area (Å²) in [5, 5.41) is 0. The Morgan fingerprint density at radius 2 is 1.96 bits per heavy atom. The lowest BCUT2D eigenvalue weighted by atomic mass is 9.96. The molecule has 1 atom stereocenters. The Morgan fingerprint density at radius 3 is 2.83 bits per heavy atom. The van der Waals surface area contributed by atoms with Crippen molar-refractivity contribution in [3.63, 3.8) is 0 Å². The van der Waals surface area contributed by atoms with E-state index in [9.17, 15) is 4.39 Å². The van der Waals surface area contributed by atoms with Crippen LogP contribution in [0.5, 0.6) is 0 Å². The molecule has 0 unspecified atom stereocenters. The van der Waals surface area contributed by atoms with Gasteiger partial charge < -0.3 is 10.6 Å². The van der Waals surface area contributed by atoms with Gasteiger partial charge >= 0.3 is 0 Å². The van der Waals surface area contributed by atoms with Gasteiger partial charge in [0.1, 0.15) is 5.82 Å². The van der Waals surface area contributed by atoms with Gasteiger partial charge in [-0.2, -0.15) is 0 Å². The van der Waals surface area contributed by atoms with Crippen molar-refractivity contribution >= 4 is 5.69 Å². The number of hydrogen-bond acceptors (Lipinski definition) is 3. The molecule has 1 saturated heterocycles. The number of nitrogens with two attached hydrogens (primary N) is 1. The molecule has 0 bridgehead atoms. The van der Waals surface area contributed by atoms with E-state index in [0.29, 0.717) is 12.6 Å². The maximum Gasteiger partial charge on any atom is 0.123 e. The lowest BCUT2D eigenvalue weighted by Gasteiger charge is -2.43. The lowest BCUT2D eigenvalue weighted by Crippen LogP contribution is -2.49. The van der Waals surface area contributed by atoms with Crippen molar-refractivity contribution in [3.8, 4) is 0 Å². The molecule has 2 aliphatic rings. The summed E-state index contributed by atoms with van der Waals surface area (Å²) in [4.78, 5) is 4.89. The highest BCUT2D eigenvalue weighted by Crippen LogP contribution is 2.39. The summed E-state index contributed by atoms with van der Waals surface area (Å²) in [7, 11) is 0. The van der Waals surface area contributed by atoms with E-state index < -0.39 is 0 Å². The van der Waals surface area contributed by atoms with Gasteiger partial charge in [0, 0.05) is 38.4 Å². The Morgan fingerprint density at radius 1 is 1.09 bits per heavy atom. The van der Waals surface area contributed by atoms with Gasteiger partial charge in [0.05, 0.1) is 6.04 Å². The predicted molar refractivity (Wildman–Crippen MR) is 91.2 cm³/mol. The second-order valence-electron chi connectivity index (χ2n) is 6.45. The maximum absolute atomic E-state index is 13.7. The van der Waals surface area contributed by atoms with E-state index >= 15 is 0 Å². The van der Waals surface area contributed by atoms with E-state index in [1.807, 2.05) is 6.07 Å². The molecule has 0 amide bonds. The average Bonchev–Trinajstić information content (AvgIpc) is 2.69. The van der Waals surface area contributed by atoms with E-state index in [2.05, 4.69) is 34.1 Å². The number of benzene rings is 2. The zero-order valence-electron chi connectivity index (χ0n) is 13.2. The molecule has 23 heavy (non-hydrogen) atoms. The third kappa shape index (κ3) is 2.62. The van der Waals surface area contributed by atoms with E-state index in [0.717, 1.165) is 38.2 Å². The van der Waals surface area contributed by atoms with Crippen LogP contribution < -0.4 is 10.6 Å². The third-order valence-electron chi connectivity index (χ3n) is 5.06. The molecule has 120 valence electrons. The van der Waals surface area contributed by atoms with Crippen LogP contribution in [0.1, 0.15) is 22.7 Å². The van der Waals surface area contributed by atoms with Crippen molar-refractivity contribution in [2.75, 3.05) is 37.6 Å². The number of anilines is 1. The molecule has 2 aromatic rings. The highest BCUT2D eigenvalue weighted by molar-refractivity contribution is 5.60. The predicted octanol–water partition coefficient (Wildman–Crippen LogP) is 2.55. The fraction of sp³-hybridized carbons (Fsp3) is 0.368. The molecule has 2 aliphatic heterocycles. The summed E-state index contributed by atoms with van der Waals surface area (Å²) in [6, 6.07) is 14.1. The number of piperazine rings is 1. The Kier molecular flexibility index (Phi) is 3.79. The van der Waals surface area contributed by atoms with Crippen LogP contribution in [-0.4, -0.2) is 37.6 Å². The van der Waals surface area contributed by atoms with Crippen LogP contribution in [0.4, 0.5) is 10.1 Å². The van der Waals surface area contributed by atoms with Crippen molar-refractivity contribution < 1.29 is 4.39 Å². The number of halogens is 1. The molecule has 0 spiro atoms. The minimum atomic E-state index is -0.151. The van der Waals surface area contributed by atoms with Gasteiger partial charge in [0.15, 0.2) is 0 Å². The van der Waals surface area contributed by atoms with Gasteiger partial charge in [-0.05, 0) is 41.3 Å². The third-order valence-corrected chi connectivity index (χ3v) is 5.06. The largest absolute Gasteiger partial charge is 0.362 e. The monoisotopic (exact) mass is 311 g/mol. The molecule has 0 aliphatic carbocycles. The van der Waals surface area contributed by atoms with Crippen LogP contribution in [0.15, 0.2) is 42.5 Å². The average molecular weight is 311 g/mol. The quantitative estimate of drug-likeness (QED) is 0.925. The first kappa shape index (κ1) is 14.7. The van der Waals surface area contributed by atoms with E-state index in [1.54, 1.807) is 12.1 Å². The number of fused-ring (bicyclic) bond motifs is 5. The second kappa shape index (κ2) is 5.95. The molecule has 0 saturated carbocycles. The lowest BCUT2D eigenvalue weighted by molar-refractivity contribution is 0.229. The number of hydrogen-bond donors (Lipinski definition) is 1. The minimum absolute atomic E-state index is 0.151. The Labute approximate surface area is 136 Å². The van der Waals surface area contributed by atoms with E-state index in [1.165, 1.54) is 16.8 Å². The van der Waals surface area contributed by atoms with Gasteiger partial charge in [-0.15, -0.1) is 0 Å². The van der Waals surface area contributed by atoms with Gasteiger partial charge in [-0.1, -0.05) is 24.3 Å². The van der Waals surface area contributed by atoms with Gasteiger partial charge in [0.2, 0.25) is 0 Å². The van der Waals surface area contributed by atoms with Crippen molar-refractivity contribution in [3.05, 3.63) is 65.0 Å². The first-order chi connectivity index (χ1) is 11.3. The van der Waals surface area contributed by atoms with E-state index in [4.69, 9.17) is 5.73 Å². The van der Waals surface area contributed by atoms with E-state index in [-0.39, 0.29) is 5.82 Å². The normalized spacial score (nSPS) is 20.4. The smallest absolute Gasteiger partial charge is 0.123 e. The van der Waals surface area contributed by atoms with Crippen LogP contribution in [0.3, 0.4) is 0 Å². The standard InChI is InChI=1S/C19H22FN3/c20-16-5-6-18-15(12-16)11-14-3-1-2-4-17(14)19-13-22(8-7-21)9-10-23(18)19/h1-6,12,19H,7-11,13,21H2/t19-/m0/s1. The van der Waals surface area contributed by atoms with Gasteiger partial charge in [-0.3, -0.25) is 4.90 Å². The molecule has 0 aromatic heterocycles. The Balaban J connectivity index is 1.81. The van der Waals surface area contributed by atoms with Crippen LogP contribution >= 0.6 is 0 Å². The molecule has 1 fully saturated rings. The summed E-state index contributed by atoms with van der Waals surface area (Å²) in [6.07, 6.45) is 0.799. The van der Waals surface area contributed by atoms with Gasteiger partial charge in [-0.25, -0.2) is 4.39 Å². The fourth-order valence-corrected chi connectivity index (χ4v) is 3.98. The van der Waals surface area contributed by atoms with Gasteiger partial charge in [0.25, 0.3) is 0 Å². The molecule has 0 radical (unpaired) electrons. The highest BCUT2D eigenvalue weighted by atomic mass is 19.1. The fourth-order valence-electron chi connectivity index (χ4n) is 3.98. The summed E-state index contributed by atoms with van der Waals surface area (Å²) >= 11 is 0. The van der Waals surface area contributed by atoms with Crippen molar-refractivity contribution in [1.29, 1.82) is 0 Å². The van der Waals surface area contributed by atoms with Crippen LogP contribution in [0.25, 0.3) is 0 Å². The molecule has 2 N–H and O–H groups in total. The van der Waals surface area contributed by atoms with Crippen LogP contribution in [0.2, 0.25) is 0 Å². The molecule has 3 nitrogen and oxygen atoms in total. The molecular weight excluding hydrogens is 289 g/mol. The number of nitrogens with zero attached hydrogens (tertiary/aromatic N) is 2. The van der Waals surface area contributed by atoms with Crippen molar-refractivity contribution in [1.82, 2.24) is 4.90 Å². The van der Waals surface area contributed by atoms with Crippen LogP contribution in [-0.2, 0) is 6.42 Å². The second-order valence-corrected chi connectivity index (χ2v) is 6.45. The summed E-state index contributed by atoms with van der Waals surface area (Å²) < 4.78 is 13.7. The molecule has 4 heteroatoms. The first-order valence-corrected chi connectivity index (χ1v) is 8.31. The summed E-state index contributed by atoms with van der Waals surface area (Å²) in [6.45, 7) is 4.56. The molecule has 2 aromatic carbocycles. The first-order valence-electron chi connectivity index (χ1n) is 8.31. The summed E-state index contributed by atoms with van der Waals surface area (Å²) in [5.41, 5.74) is 10.7. The maximum atomic E-state index is 13.7. The molecule has 2 heterocycles. The van der Waals surface area contributed by atoms with Crippen molar-refractivity contribution in [2.45, 2.75) is 12.5 Å². The Bertz CT molecular complexity index is 716. The molecular formula is C19H22FN3. The highest BCUT2D eigenvalue weighted by Gasteiger charge is 2.32. The minimum Gasteiger partial charge on any atom is -0.362 e. The van der Waals surface area contributed by atoms with Crippen LogP contribution in [0, 0.1) is 5.82 Å². The zero-order chi connectivity index (χ0) is 15.8. The topological polar surface area (TPSA) is 32.5 Å².